The summed E-state index contributed by atoms with van der Waals surface area (Å²) in [6, 6.07) is 0. The standard InChI is InChI=1S/Ag.Cu.In.Ni. The molecule has 4 heteroatoms. The molecule has 0 saturated carbocycles. The van der Waals surface area contributed by atoms with E-state index in [2.05, 4.69) is 0 Å². The van der Waals surface area contributed by atoms with Crippen LogP contribution >= 0.6 is 0 Å². The average molecular weight is 345 g/mol. The predicted octanol–water partition coefficient (Wildman–Crippen LogP) is -0.388. The molecule has 0 aromatic carbocycles. The molecule has 0 heterocycles. The Kier molecular flexibility index (Phi) is 133. The summed E-state index contributed by atoms with van der Waals surface area (Å²) < 4.78 is 0. The summed E-state index contributed by atoms with van der Waals surface area (Å²) >= 11 is 0. The number of hydrogen-bond acceptors (Lipinski definition) is 0. The Bertz CT molecular complexity index is 8.00. The Balaban J connectivity index is 0. The molecule has 0 N–H and O–H groups in total. The molecule has 0 saturated heterocycles. The van der Waals surface area contributed by atoms with Crippen molar-refractivity contribution in [3.05, 3.63) is 0 Å². The van der Waals surface area contributed by atoms with Crippen molar-refractivity contribution >= 4 is 25.8 Å². The maximum Gasteiger partial charge on any atom is 0 e. The van der Waals surface area contributed by atoms with E-state index in [1.807, 2.05) is 0 Å². The van der Waals surface area contributed by atoms with Crippen molar-refractivity contribution < 1.29 is 55.9 Å². The van der Waals surface area contributed by atoms with Gasteiger partial charge in [0.05, 0.1) is 0 Å². The average Bonchev–Trinajstić information content (AvgIpc) is 0. The van der Waals surface area contributed by atoms with E-state index in [1.54, 1.807) is 0 Å². The molecule has 0 nitrogen and oxygen atoms in total. The van der Waals surface area contributed by atoms with E-state index in [-0.39, 0.29) is 81.8 Å². The van der Waals surface area contributed by atoms with Gasteiger partial charge in [-0.3, -0.25) is 0 Å². The van der Waals surface area contributed by atoms with Crippen LogP contribution in [0, 0.1) is 0 Å². The second-order valence-electron chi connectivity index (χ2n) is 0. The molecule has 0 aliphatic rings. The van der Waals surface area contributed by atoms with Gasteiger partial charge in [-0.2, -0.15) is 0 Å². The molecule has 0 unspecified atom stereocenters. The van der Waals surface area contributed by atoms with Crippen molar-refractivity contribution in [2.75, 3.05) is 0 Å². The van der Waals surface area contributed by atoms with E-state index in [9.17, 15) is 0 Å². The number of rotatable bonds is 0. The maximum absolute atomic E-state index is 0. The molecular formula is AgCuInNi. The zero-order chi connectivity index (χ0) is 0. The van der Waals surface area contributed by atoms with E-state index in [1.165, 1.54) is 0 Å². The maximum atomic E-state index is 0. The number of hydrogen-bond donors (Lipinski definition) is 0. The second kappa shape index (κ2) is 17.5. The van der Waals surface area contributed by atoms with Crippen LogP contribution in [0.15, 0.2) is 0 Å². The Morgan fingerprint density at radius 3 is 1.00 bits per heavy atom. The third-order valence-corrected chi connectivity index (χ3v) is 0. The van der Waals surface area contributed by atoms with E-state index in [0.29, 0.717) is 0 Å². The van der Waals surface area contributed by atoms with Crippen molar-refractivity contribution in [3.63, 3.8) is 0 Å². The van der Waals surface area contributed by atoms with E-state index in [0.717, 1.165) is 0 Å². The van der Waals surface area contributed by atoms with Crippen LogP contribution in [0.25, 0.3) is 0 Å². The van der Waals surface area contributed by atoms with E-state index < -0.39 is 0 Å². The Hall–Kier alpha value is 2.62. The topological polar surface area (TPSA) is 0 Å². The summed E-state index contributed by atoms with van der Waals surface area (Å²) in [6.45, 7) is 0. The first kappa shape index (κ1) is 30.4. The van der Waals surface area contributed by atoms with Crippen LogP contribution in [0.4, 0.5) is 0 Å². The first-order chi connectivity index (χ1) is 0. The molecule has 0 amide bonds. The Labute approximate surface area is 80.6 Å². The van der Waals surface area contributed by atoms with Crippen LogP contribution < -0.4 is 0 Å². The largest absolute Gasteiger partial charge is 0 e. The van der Waals surface area contributed by atoms with Crippen molar-refractivity contribution in [1.29, 1.82) is 0 Å². The molecule has 5 radical (unpaired) electrons. The molecule has 0 aromatic heterocycles. The fraction of sp³-hybridized carbons (Fsp3) is 0. The van der Waals surface area contributed by atoms with Crippen molar-refractivity contribution in [2.45, 2.75) is 0 Å². The third kappa shape index (κ3) is 8.82. The van der Waals surface area contributed by atoms with Gasteiger partial charge >= 0.3 is 0 Å². The van der Waals surface area contributed by atoms with Crippen molar-refractivity contribution in [2.24, 2.45) is 0 Å². The minimum absolute atomic E-state index is 0. The molecule has 0 aliphatic carbocycles. The first-order valence-corrected chi connectivity index (χ1v) is 0. The van der Waals surface area contributed by atoms with Crippen LogP contribution in [-0.4, -0.2) is 25.8 Å². The molecule has 0 aliphatic heterocycles. The summed E-state index contributed by atoms with van der Waals surface area (Å²) in [5.41, 5.74) is 0. The molecule has 4 heavy (non-hydrogen) atoms. The quantitative estimate of drug-likeness (QED) is 0.525. The predicted molar refractivity (Wildman–Crippen MR) is 5.75 cm³/mol. The minimum Gasteiger partial charge on any atom is 0 e. The van der Waals surface area contributed by atoms with Gasteiger partial charge in [0.25, 0.3) is 0 Å². The van der Waals surface area contributed by atoms with Crippen LogP contribution in [0.2, 0.25) is 0 Å². The van der Waals surface area contributed by atoms with Gasteiger partial charge in [0, 0.05) is 81.8 Å². The molecule has 0 spiro atoms. The van der Waals surface area contributed by atoms with Gasteiger partial charge in [-0.25, -0.2) is 0 Å². The minimum atomic E-state index is 0. The molecular weight excluding hydrogens is 345 g/mol. The van der Waals surface area contributed by atoms with Crippen molar-refractivity contribution in [3.8, 4) is 0 Å². The van der Waals surface area contributed by atoms with E-state index >= 15 is 0 Å². The van der Waals surface area contributed by atoms with Gasteiger partial charge < -0.3 is 0 Å². The molecule has 0 atom stereocenters. The Morgan fingerprint density at radius 1 is 1.00 bits per heavy atom. The first-order valence-electron chi connectivity index (χ1n) is 0. The SMILES string of the molecule is [Ag].[Cu].[In].[Ni]. The van der Waals surface area contributed by atoms with Gasteiger partial charge in [0.15, 0.2) is 0 Å². The van der Waals surface area contributed by atoms with Crippen LogP contribution in [-0.2, 0) is 55.9 Å². The van der Waals surface area contributed by atoms with Gasteiger partial charge in [-0.15, -0.1) is 0 Å². The summed E-state index contributed by atoms with van der Waals surface area (Å²) in [5, 5.41) is 0. The zero-order valence-electron chi connectivity index (χ0n) is 1.50. The third-order valence-electron chi connectivity index (χ3n) is 0. The Morgan fingerprint density at radius 2 is 1.00 bits per heavy atom. The second-order valence-corrected chi connectivity index (χ2v) is 0. The summed E-state index contributed by atoms with van der Waals surface area (Å²) in [4.78, 5) is 0. The molecule has 0 aromatic rings. The molecule has 35 valence electrons. The summed E-state index contributed by atoms with van der Waals surface area (Å²) in [5.74, 6) is 0. The van der Waals surface area contributed by atoms with Gasteiger partial charge in [0.2, 0.25) is 0 Å². The zero-order valence-corrected chi connectivity index (χ0v) is 8.20. The fourth-order valence-electron chi connectivity index (χ4n) is 0. The molecule has 0 bridgehead atoms. The smallest absolute Gasteiger partial charge is 0 e. The van der Waals surface area contributed by atoms with Gasteiger partial charge in [-0.05, 0) is 0 Å². The molecule has 0 fully saturated rings. The van der Waals surface area contributed by atoms with Gasteiger partial charge in [0.1, 0.15) is 0 Å². The van der Waals surface area contributed by atoms with Crippen molar-refractivity contribution in [1.82, 2.24) is 0 Å². The fourth-order valence-corrected chi connectivity index (χ4v) is 0. The summed E-state index contributed by atoms with van der Waals surface area (Å²) in [6.07, 6.45) is 0. The summed E-state index contributed by atoms with van der Waals surface area (Å²) in [7, 11) is 0. The van der Waals surface area contributed by atoms with Crippen LogP contribution in [0.3, 0.4) is 0 Å². The van der Waals surface area contributed by atoms with Gasteiger partial charge in [-0.1, -0.05) is 0 Å². The van der Waals surface area contributed by atoms with E-state index in [4.69, 9.17) is 0 Å². The molecule has 0 rings (SSSR count). The van der Waals surface area contributed by atoms with Crippen LogP contribution in [0.1, 0.15) is 0 Å². The monoisotopic (exact) mass is 343 g/mol. The normalized spacial score (nSPS) is 0. The van der Waals surface area contributed by atoms with Crippen LogP contribution in [0.5, 0.6) is 0 Å².